The molecule has 1 atom stereocenters. The first-order chi connectivity index (χ1) is 8.56. The van der Waals surface area contributed by atoms with Crippen LogP contribution < -0.4 is 14.2 Å². The molecule has 0 aromatic heterocycles. The Kier molecular flexibility index (Phi) is 3.45. The van der Waals surface area contributed by atoms with Gasteiger partial charge in [0.1, 0.15) is 11.9 Å². The highest BCUT2D eigenvalue weighted by Gasteiger charge is 2.30. The lowest BCUT2D eigenvalue weighted by atomic mass is 9.94. The van der Waals surface area contributed by atoms with E-state index in [1.807, 2.05) is 13.8 Å². The van der Waals surface area contributed by atoms with Crippen molar-refractivity contribution in [3.8, 4) is 17.2 Å². The quantitative estimate of drug-likeness (QED) is 0.827. The molecule has 4 heteroatoms. The lowest BCUT2D eigenvalue weighted by Gasteiger charge is -2.28. The molecule has 0 N–H and O–H groups in total. The van der Waals surface area contributed by atoms with Gasteiger partial charge in [-0.15, -0.1) is 0 Å². The van der Waals surface area contributed by atoms with E-state index in [1.54, 1.807) is 26.4 Å². The molecular weight excluding hydrogens is 232 g/mol. The Bertz CT molecular complexity index is 465. The summed E-state index contributed by atoms with van der Waals surface area (Å²) in [5.74, 6) is 2.11. The first kappa shape index (κ1) is 12.7. The van der Waals surface area contributed by atoms with Crippen molar-refractivity contribution in [1.82, 2.24) is 0 Å². The van der Waals surface area contributed by atoms with Gasteiger partial charge in [0.15, 0.2) is 17.3 Å². The molecule has 1 unspecified atom stereocenters. The molecule has 0 fully saturated rings. The summed E-state index contributed by atoms with van der Waals surface area (Å²) in [5, 5.41) is 0. The standard InChI is InChI=1S/C14H18O4/c1-8(2)11-6-10(15)9-5-13(16-3)14(17-4)7-12(9)18-11/h5,7-8,11H,6H2,1-4H3. The van der Waals surface area contributed by atoms with E-state index in [0.717, 1.165) is 0 Å². The van der Waals surface area contributed by atoms with Crippen LogP contribution in [-0.4, -0.2) is 26.1 Å². The Balaban J connectivity index is 2.44. The van der Waals surface area contributed by atoms with E-state index in [-0.39, 0.29) is 11.9 Å². The maximum atomic E-state index is 12.1. The second kappa shape index (κ2) is 4.88. The molecule has 0 aliphatic carbocycles. The predicted molar refractivity (Wildman–Crippen MR) is 67.7 cm³/mol. The minimum Gasteiger partial charge on any atom is -0.493 e. The van der Waals surface area contributed by atoms with Crippen molar-refractivity contribution >= 4 is 5.78 Å². The number of benzene rings is 1. The minimum atomic E-state index is -0.0666. The monoisotopic (exact) mass is 250 g/mol. The maximum absolute atomic E-state index is 12.1. The highest BCUT2D eigenvalue weighted by atomic mass is 16.5. The van der Waals surface area contributed by atoms with Crippen LogP contribution in [-0.2, 0) is 0 Å². The van der Waals surface area contributed by atoms with Gasteiger partial charge in [-0.2, -0.15) is 0 Å². The van der Waals surface area contributed by atoms with Gasteiger partial charge >= 0.3 is 0 Å². The highest BCUT2D eigenvalue weighted by Crippen LogP contribution is 2.39. The Hall–Kier alpha value is -1.71. The summed E-state index contributed by atoms with van der Waals surface area (Å²) in [6.07, 6.45) is 0.350. The van der Waals surface area contributed by atoms with Crippen LogP contribution in [0.2, 0.25) is 0 Å². The largest absolute Gasteiger partial charge is 0.493 e. The van der Waals surface area contributed by atoms with E-state index in [9.17, 15) is 4.79 Å². The summed E-state index contributed by atoms with van der Waals surface area (Å²) in [6, 6.07) is 3.41. The van der Waals surface area contributed by atoms with Crippen molar-refractivity contribution in [1.29, 1.82) is 0 Å². The molecule has 0 spiro atoms. The second-order valence-electron chi connectivity index (χ2n) is 4.73. The second-order valence-corrected chi connectivity index (χ2v) is 4.73. The number of carbonyl (C=O) groups excluding carboxylic acids is 1. The first-order valence-corrected chi connectivity index (χ1v) is 6.02. The summed E-state index contributed by atoms with van der Waals surface area (Å²) in [4.78, 5) is 12.1. The van der Waals surface area contributed by atoms with E-state index >= 15 is 0 Å². The zero-order valence-corrected chi connectivity index (χ0v) is 11.1. The summed E-state index contributed by atoms with van der Waals surface area (Å²) in [5.41, 5.74) is 0.574. The fraction of sp³-hybridized carbons (Fsp3) is 0.500. The average molecular weight is 250 g/mol. The SMILES string of the molecule is COc1cc2c(cc1OC)C(=O)CC(C(C)C)O2. The Morgan fingerprint density at radius 2 is 1.83 bits per heavy atom. The molecule has 1 aliphatic rings. The van der Waals surface area contributed by atoms with Crippen LogP contribution in [0.15, 0.2) is 12.1 Å². The number of fused-ring (bicyclic) bond motifs is 1. The molecule has 0 amide bonds. The van der Waals surface area contributed by atoms with Gasteiger partial charge in [0.25, 0.3) is 0 Å². The van der Waals surface area contributed by atoms with Crippen molar-refractivity contribution in [2.24, 2.45) is 5.92 Å². The lowest BCUT2D eigenvalue weighted by Crippen LogP contribution is -2.31. The van der Waals surface area contributed by atoms with E-state index in [1.165, 1.54) is 0 Å². The number of carbonyl (C=O) groups is 1. The highest BCUT2D eigenvalue weighted by molar-refractivity contribution is 6.00. The fourth-order valence-corrected chi connectivity index (χ4v) is 2.04. The molecule has 98 valence electrons. The van der Waals surface area contributed by atoms with Crippen LogP contribution in [0.25, 0.3) is 0 Å². The van der Waals surface area contributed by atoms with Gasteiger partial charge in [0.2, 0.25) is 0 Å². The molecule has 1 aliphatic heterocycles. The zero-order chi connectivity index (χ0) is 13.3. The van der Waals surface area contributed by atoms with E-state index < -0.39 is 0 Å². The third-order valence-electron chi connectivity index (χ3n) is 3.19. The van der Waals surface area contributed by atoms with Crippen molar-refractivity contribution in [2.75, 3.05) is 14.2 Å². The van der Waals surface area contributed by atoms with Crippen LogP contribution in [0.3, 0.4) is 0 Å². The summed E-state index contributed by atoms with van der Waals surface area (Å²) < 4.78 is 16.3. The number of Topliss-reactive ketones (excluding diaryl/α,β-unsaturated/α-hetero) is 1. The Morgan fingerprint density at radius 1 is 1.22 bits per heavy atom. The van der Waals surface area contributed by atoms with Gasteiger partial charge < -0.3 is 14.2 Å². The molecule has 18 heavy (non-hydrogen) atoms. The molecule has 1 aromatic rings. The van der Waals surface area contributed by atoms with Crippen molar-refractivity contribution in [3.05, 3.63) is 17.7 Å². The van der Waals surface area contributed by atoms with Crippen LogP contribution in [0.4, 0.5) is 0 Å². The van der Waals surface area contributed by atoms with Crippen LogP contribution >= 0.6 is 0 Å². The van der Waals surface area contributed by atoms with E-state index in [4.69, 9.17) is 14.2 Å². The van der Waals surface area contributed by atoms with Crippen molar-refractivity contribution in [3.63, 3.8) is 0 Å². The molecule has 1 heterocycles. The van der Waals surface area contributed by atoms with Gasteiger partial charge in [-0.1, -0.05) is 13.8 Å². The first-order valence-electron chi connectivity index (χ1n) is 6.02. The lowest BCUT2D eigenvalue weighted by molar-refractivity contribution is 0.0770. The third-order valence-corrected chi connectivity index (χ3v) is 3.19. The molecule has 1 aromatic carbocycles. The maximum Gasteiger partial charge on any atom is 0.170 e. The number of ketones is 1. The van der Waals surface area contributed by atoms with Gasteiger partial charge in [-0.3, -0.25) is 4.79 Å². The topological polar surface area (TPSA) is 44.8 Å². The van der Waals surface area contributed by atoms with Crippen molar-refractivity contribution in [2.45, 2.75) is 26.4 Å². The molecule has 4 nitrogen and oxygen atoms in total. The van der Waals surface area contributed by atoms with Gasteiger partial charge in [0, 0.05) is 12.5 Å². The third kappa shape index (κ3) is 2.15. The van der Waals surface area contributed by atoms with Gasteiger partial charge in [-0.05, 0) is 12.0 Å². The average Bonchev–Trinajstić information content (AvgIpc) is 2.36. The minimum absolute atomic E-state index is 0.0666. The zero-order valence-electron chi connectivity index (χ0n) is 11.1. The van der Waals surface area contributed by atoms with E-state index in [0.29, 0.717) is 35.2 Å². The summed E-state index contributed by atoms with van der Waals surface area (Å²) in [6.45, 7) is 4.09. The van der Waals surface area contributed by atoms with Crippen LogP contribution in [0.1, 0.15) is 30.6 Å². The molecular formula is C14H18O4. The number of hydrogen-bond donors (Lipinski definition) is 0. The number of ether oxygens (including phenoxy) is 3. The molecule has 2 rings (SSSR count). The van der Waals surface area contributed by atoms with Crippen LogP contribution in [0, 0.1) is 5.92 Å². The Labute approximate surface area is 107 Å². The number of rotatable bonds is 3. The van der Waals surface area contributed by atoms with Crippen LogP contribution in [0.5, 0.6) is 17.2 Å². The summed E-state index contributed by atoms with van der Waals surface area (Å²) in [7, 11) is 3.12. The Morgan fingerprint density at radius 3 is 2.39 bits per heavy atom. The number of hydrogen-bond acceptors (Lipinski definition) is 4. The summed E-state index contributed by atoms with van der Waals surface area (Å²) >= 11 is 0. The molecule has 0 saturated carbocycles. The number of methoxy groups -OCH3 is 2. The van der Waals surface area contributed by atoms with Gasteiger partial charge in [-0.25, -0.2) is 0 Å². The smallest absolute Gasteiger partial charge is 0.170 e. The fourth-order valence-electron chi connectivity index (χ4n) is 2.04. The normalized spacial score (nSPS) is 18.3. The molecule has 0 saturated heterocycles. The predicted octanol–water partition coefficient (Wildman–Crippen LogP) is 2.69. The van der Waals surface area contributed by atoms with Gasteiger partial charge in [0.05, 0.1) is 19.8 Å². The van der Waals surface area contributed by atoms with E-state index in [2.05, 4.69) is 0 Å². The molecule has 0 radical (unpaired) electrons. The van der Waals surface area contributed by atoms with Crippen molar-refractivity contribution < 1.29 is 19.0 Å². The molecule has 0 bridgehead atoms.